The average Bonchev–Trinajstić information content (AvgIpc) is 3.55. The highest BCUT2D eigenvalue weighted by molar-refractivity contribution is 5.81. The van der Waals surface area contributed by atoms with Crippen LogP contribution in [0.15, 0.2) is 71.4 Å². The first-order valence-electron chi connectivity index (χ1n) is 11.7. The van der Waals surface area contributed by atoms with Gasteiger partial charge in [-0.05, 0) is 47.5 Å². The van der Waals surface area contributed by atoms with Crippen molar-refractivity contribution in [3.05, 3.63) is 89.5 Å². The molecule has 2 heterocycles. The second-order valence-corrected chi connectivity index (χ2v) is 9.04. The molecule has 2 aromatic heterocycles. The lowest BCUT2D eigenvalue weighted by Gasteiger charge is -2.15. The van der Waals surface area contributed by atoms with Crippen LogP contribution in [0.2, 0.25) is 0 Å². The van der Waals surface area contributed by atoms with Gasteiger partial charge in [0, 0.05) is 29.9 Å². The number of aromatic nitrogens is 4. The standard InChI is InChI=1S/C27H14F10N4O/c1-41-12-21(27(35,36)37)38-23(41)14-4-2-13(3-5-14)22-39-24(42-40-22)19-7-6-18(28)11-20(19)15-8-16(25(29,30)31)10-17(9-15)26(32,33)34/h2-12H,1H3. The normalized spacial score (nSPS) is 12.6. The van der Waals surface area contributed by atoms with Crippen LogP contribution in [-0.2, 0) is 25.6 Å². The van der Waals surface area contributed by atoms with E-state index in [1.54, 1.807) is 0 Å². The Kier molecular flexibility index (Phi) is 6.86. The minimum Gasteiger partial charge on any atom is -0.334 e. The number of halogens is 10. The maximum absolute atomic E-state index is 14.2. The van der Waals surface area contributed by atoms with Crippen LogP contribution in [0.4, 0.5) is 43.9 Å². The summed E-state index contributed by atoms with van der Waals surface area (Å²) in [7, 11) is 1.39. The molecule has 0 radical (unpaired) electrons. The van der Waals surface area contributed by atoms with Gasteiger partial charge in [0.15, 0.2) is 5.69 Å². The molecular formula is C27H14F10N4O. The Morgan fingerprint density at radius 2 is 1.24 bits per heavy atom. The van der Waals surface area contributed by atoms with Crippen molar-refractivity contribution in [1.82, 2.24) is 19.7 Å². The number of nitrogens with zero attached hydrogens (tertiary/aromatic N) is 4. The van der Waals surface area contributed by atoms with Crippen LogP contribution in [0.3, 0.4) is 0 Å². The van der Waals surface area contributed by atoms with Gasteiger partial charge in [-0.15, -0.1) is 0 Å². The van der Waals surface area contributed by atoms with Crippen molar-refractivity contribution in [2.75, 3.05) is 0 Å². The first-order chi connectivity index (χ1) is 19.5. The molecule has 0 unspecified atom stereocenters. The highest BCUT2D eigenvalue weighted by Gasteiger charge is 2.37. The smallest absolute Gasteiger partial charge is 0.334 e. The molecule has 5 aromatic rings. The molecule has 5 rings (SSSR count). The predicted octanol–water partition coefficient (Wildman–Crippen LogP) is 8.67. The number of rotatable bonds is 4. The van der Waals surface area contributed by atoms with Gasteiger partial charge >= 0.3 is 18.5 Å². The lowest BCUT2D eigenvalue weighted by molar-refractivity contribution is -0.143. The molecule has 0 fully saturated rings. The minimum absolute atomic E-state index is 0.0259. The molecule has 218 valence electrons. The van der Waals surface area contributed by atoms with Crippen LogP contribution >= 0.6 is 0 Å². The van der Waals surface area contributed by atoms with Gasteiger partial charge in [-0.1, -0.05) is 29.4 Å². The van der Waals surface area contributed by atoms with Crippen LogP contribution in [-0.4, -0.2) is 19.7 Å². The number of imidazole rings is 1. The largest absolute Gasteiger partial charge is 0.434 e. The molecule has 0 bridgehead atoms. The summed E-state index contributed by atoms with van der Waals surface area (Å²) in [5, 5.41) is 3.78. The maximum Gasteiger partial charge on any atom is 0.434 e. The first kappa shape index (κ1) is 28.8. The second-order valence-electron chi connectivity index (χ2n) is 9.04. The first-order valence-corrected chi connectivity index (χ1v) is 11.7. The monoisotopic (exact) mass is 600 g/mol. The van der Waals surface area contributed by atoms with E-state index in [0.29, 0.717) is 23.3 Å². The Labute approximate surface area is 229 Å². The molecule has 0 atom stereocenters. The average molecular weight is 600 g/mol. The quantitative estimate of drug-likeness (QED) is 0.194. The maximum atomic E-state index is 14.2. The van der Waals surface area contributed by atoms with Crippen molar-refractivity contribution >= 4 is 0 Å². The molecule has 0 aliphatic carbocycles. The fraction of sp³-hybridized carbons (Fsp3) is 0.148. The molecule has 0 saturated heterocycles. The Balaban J connectivity index is 1.53. The molecule has 0 saturated carbocycles. The minimum atomic E-state index is -5.13. The fourth-order valence-corrected chi connectivity index (χ4v) is 4.14. The predicted molar refractivity (Wildman–Crippen MR) is 128 cm³/mol. The molecule has 5 nitrogen and oxygen atoms in total. The van der Waals surface area contributed by atoms with Crippen LogP contribution < -0.4 is 0 Å². The van der Waals surface area contributed by atoms with Gasteiger partial charge in [-0.25, -0.2) is 9.37 Å². The third-order valence-electron chi connectivity index (χ3n) is 6.10. The van der Waals surface area contributed by atoms with Gasteiger partial charge < -0.3 is 9.09 Å². The third-order valence-corrected chi connectivity index (χ3v) is 6.10. The number of hydrogen-bond donors (Lipinski definition) is 0. The van der Waals surface area contributed by atoms with E-state index in [9.17, 15) is 43.9 Å². The summed E-state index contributed by atoms with van der Waals surface area (Å²) >= 11 is 0. The molecule has 0 aliphatic rings. The Bertz CT molecular complexity index is 1730. The lowest BCUT2D eigenvalue weighted by atomic mass is 9.95. The molecule has 3 aromatic carbocycles. The second kappa shape index (κ2) is 9.99. The van der Waals surface area contributed by atoms with E-state index < -0.39 is 46.7 Å². The van der Waals surface area contributed by atoms with Crippen molar-refractivity contribution in [1.29, 1.82) is 0 Å². The van der Waals surface area contributed by atoms with Crippen LogP contribution in [0.25, 0.3) is 45.4 Å². The lowest BCUT2D eigenvalue weighted by Crippen LogP contribution is -2.11. The molecule has 0 N–H and O–H groups in total. The van der Waals surface area contributed by atoms with Crippen LogP contribution in [0.1, 0.15) is 16.8 Å². The van der Waals surface area contributed by atoms with E-state index in [4.69, 9.17) is 4.52 Å². The zero-order valence-electron chi connectivity index (χ0n) is 20.8. The zero-order valence-corrected chi connectivity index (χ0v) is 20.8. The van der Waals surface area contributed by atoms with Gasteiger partial charge in [0.05, 0.1) is 11.1 Å². The summed E-state index contributed by atoms with van der Waals surface area (Å²) in [5.41, 5.74) is -4.74. The molecule has 0 aliphatic heterocycles. The van der Waals surface area contributed by atoms with E-state index in [2.05, 4.69) is 15.1 Å². The van der Waals surface area contributed by atoms with E-state index in [-0.39, 0.29) is 34.7 Å². The number of benzene rings is 3. The molecule has 0 spiro atoms. The van der Waals surface area contributed by atoms with E-state index in [0.717, 1.165) is 24.4 Å². The summed E-state index contributed by atoms with van der Waals surface area (Å²) in [4.78, 5) is 7.75. The molecule has 0 amide bonds. The SMILES string of the molecule is Cn1cc(C(F)(F)F)nc1-c1ccc(-c2noc(-c3ccc(F)cc3-c3cc(C(F)(F)F)cc(C(F)(F)F)c3)n2)cc1. The van der Waals surface area contributed by atoms with Gasteiger partial charge in [0.2, 0.25) is 5.82 Å². The highest BCUT2D eigenvalue weighted by Crippen LogP contribution is 2.41. The summed E-state index contributed by atoms with van der Waals surface area (Å²) in [6.45, 7) is 0. The third kappa shape index (κ3) is 5.71. The van der Waals surface area contributed by atoms with Gasteiger partial charge in [0.25, 0.3) is 5.89 Å². The van der Waals surface area contributed by atoms with Crippen molar-refractivity contribution < 1.29 is 48.4 Å². The van der Waals surface area contributed by atoms with Crippen LogP contribution in [0, 0.1) is 5.82 Å². The topological polar surface area (TPSA) is 56.7 Å². The van der Waals surface area contributed by atoms with Crippen LogP contribution in [0.5, 0.6) is 0 Å². The summed E-state index contributed by atoms with van der Waals surface area (Å²) in [6.07, 6.45) is -14.1. The van der Waals surface area contributed by atoms with Gasteiger partial charge in [-0.2, -0.15) is 44.5 Å². The van der Waals surface area contributed by atoms with Crippen molar-refractivity contribution in [3.8, 4) is 45.4 Å². The molecule has 42 heavy (non-hydrogen) atoms. The summed E-state index contributed by atoms with van der Waals surface area (Å²) in [5.74, 6) is -1.33. The van der Waals surface area contributed by atoms with Gasteiger partial charge in [0.1, 0.15) is 11.6 Å². The van der Waals surface area contributed by atoms with E-state index in [1.807, 2.05) is 0 Å². The van der Waals surface area contributed by atoms with Crippen molar-refractivity contribution in [3.63, 3.8) is 0 Å². The summed E-state index contributed by atoms with van der Waals surface area (Å²) in [6, 6.07) is 9.35. The zero-order chi connectivity index (χ0) is 30.6. The molecule has 15 heteroatoms. The fourth-order valence-electron chi connectivity index (χ4n) is 4.14. The number of hydrogen-bond acceptors (Lipinski definition) is 4. The Morgan fingerprint density at radius 3 is 1.79 bits per heavy atom. The summed E-state index contributed by atoms with van der Waals surface area (Å²) < 4.78 is 140. The number of alkyl halides is 9. The Morgan fingerprint density at radius 1 is 0.643 bits per heavy atom. The van der Waals surface area contributed by atoms with E-state index >= 15 is 0 Å². The highest BCUT2D eigenvalue weighted by atomic mass is 19.4. The Hall–Kier alpha value is -4.69. The van der Waals surface area contributed by atoms with E-state index in [1.165, 1.54) is 35.9 Å². The van der Waals surface area contributed by atoms with Crippen molar-refractivity contribution in [2.24, 2.45) is 7.05 Å². The van der Waals surface area contributed by atoms with Gasteiger partial charge in [-0.3, -0.25) is 0 Å². The van der Waals surface area contributed by atoms with Crippen molar-refractivity contribution in [2.45, 2.75) is 18.5 Å². The number of aryl methyl sites for hydroxylation is 1. The molecular weight excluding hydrogens is 586 g/mol.